The molecule has 11 heteroatoms. The minimum absolute atomic E-state index is 0.000912. The van der Waals surface area contributed by atoms with Crippen molar-refractivity contribution in [1.29, 1.82) is 0 Å². The van der Waals surface area contributed by atoms with E-state index in [4.69, 9.17) is 0 Å². The molecule has 0 radical (unpaired) electrons. The lowest BCUT2D eigenvalue weighted by Crippen LogP contribution is -2.54. The summed E-state index contributed by atoms with van der Waals surface area (Å²) in [4.78, 5) is 28.9. The van der Waals surface area contributed by atoms with Gasteiger partial charge >= 0.3 is 0 Å². The van der Waals surface area contributed by atoms with Gasteiger partial charge in [0, 0.05) is 29.5 Å². The zero-order chi connectivity index (χ0) is 29.4. The number of sulfonamides is 1. The van der Waals surface area contributed by atoms with Crippen LogP contribution in [-0.4, -0.2) is 50.0 Å². The molecule has 40 heavy (non-hydrogen) atoms. The fourth-order valence-corrected chi connectivity index (χ4v) is 5.37. The van der Waals surface area contributed by atoms with Crippen molar-refractivity contribution in [2.24, 2.45) is 0 Å². The normalized spacial score (nSPS) is 12.8. The number of amides is 2. The van der Waals surface area contributed by atoms with Crippen molar-refractivity contribution in [1.82, 2.24) is 10.2 Å². The first-order chi connectivity index (χ1) is 18.9. The molecule has 214 valence electrons. The van der Waals surface area contributed by atoms with Gasteiger partial charge in [-0.1, -0.05) is 65.3 Å². The maximum absolute atomic E-state index is 14.0. The number of hydrogen-bond acceptors (Lipinski definition) is 4. The van der Waals surface area contributed by atoms with Crippen molar-refractivity contribution in [2.75, 3.05) is 17.1 Å². The Morgan fingerprint density at radius 1 is 0.950 bits per heavy atom. The summed E-state index contributed by atoms with van der Waals surface area (Å²) in [5.74, 6) is -3.47. The predicted molar refractivity (Wildman–Crippen MR) is 155 cm³/mol. The second kappa shape index (κ2) is 13.8. The smallest absolute Gasteiger partial charge is 0.244 e. The lowest BCUT2D eigenvalue weighted by molar-refractivity contribution is -0.140. The monoisotopic (exact) mass is 635 g/mol. The third-order valence-corrected chi connectivity index (χ3v) is 8.02. The number of nitrogens with one attached hydrogen (secondary N) is 1. The van der Waals surface area contributed by atoms with Crippen molar-refractivity contribution in [2.45, 2.75) is 45.3 Å². The van der Waals surface area contributed by atoms with Gasteiger partial charge in [-0.3, -0.25) is 13.9 Å². The van der Waals surface area contributed by atoms with Crippen molar-refractivity contribution in [3.05, 3.63) is 100 Å². The Bertz CT molecular complexity index is 1440. The van der Waals surface area contributed by atoms with E-state index in [2.05, 4.69) is 21.2 Å². The summed E-state index contributed by atoms with van der Waals surface area (Å²) in [5, 5.41) is 2.95. The zero-order valence-corrected chi connectivity index (χ0v) is 24.9. The Kier molecular flexibility index (Phi) is 10.8. The van der Waals surface area contributed by atoms with Crippen LogP contribution in [-0.2, 0) is 32.6 Å². The quantitative estimate of drug-likeness (QED) is 0.302. The number of benzene rings is 3. The van der Waals surface area contributed by atoms with E-state index in [1.54, 1.807) is 18.2 Å². The van der Waals surface area contributed by atoms with E-state index in [1.165, 1.54) is 4.90 Å². The highest BCUT2D eigenvalue weighted by molar-refractivity contribution is 9.10. The van der Waals surface area contributed by atoms with Crippen LogP contribution >= 0.6 is 15.9 Å². The van der Waals surface area contributed by atoms with Gasteiger partial charge in [0.1, 0.15) is 12.6 Å². The molecule has 0 saturated carbocycles. The molecule has 0 heterocycles. The van der Waals surface area contributed by atoms with Gasteiger partial charge in [-0.05, 0) is 48.7 Å². The number of halogens is 3. The van der Waals surface area contributed by atoms with Gasteiger partial charge < -0.3 is 10.2 Å². The molecule has 2 amide bonds. The fourth-order valence-electron chi connectivity index (χ4n) is 4.08. The summed E-state index contributed by atoms with van der Waals surface area (Å²) in [6, 6.07) is 17.8. The van der Waals surface area contributed by atoms with Gasteiger partial charge in [0.2, 0.25) is 21.8 Å². The van der Waals surface area contributed by atoms with Crippen LogP contribution in [0.4, 0.5) is 14.5 Å². The molecule has 3 rings (SSSR count). The minimum Gasteiger partial charge on any atom is -0.352 e. The molecule has 0 spiro atoms. The molecule has 3 aromatic rings. The zero-order valence-electron chi connectivity index (χ0n) is 22.5. The molecule has 0 aliphatic heterocycles. The second-order valence-corrected chi connectivity index (χ2v) is 12.4. The van der Waals surface area contributed by atoms with Gasteiger partial charge in [-0.2, -0.15) is 0 Å². The topological polar surface area (TPSA) is 86.8 Å². The van der Waals surface area contributed by atoms with Crippen LogP contribution in [0.1, 0.15) is 31.4 Å². The summed E-state index contributed by atoms with van der Waals surface area (Å²) in [5.41, 5.74) is 1.30. The molecule has 3 aromatic carbocycles. The third-order valence-electron chi connectivity index (χ3n) is 6.38. The van der Waals surface area contributed by atoms with Gasteiger partial charge in [0.05, 0.1) is 11.9 Å². The van der Waals surface area contributed by atoms with Gasteiger partial charge in [0.25, 0.3) is 0 Å². The van der Waals surface area contributed by atoms with Crippen LogP contribution in [0.2, 0.25) is 0 Å². The summed E-state index contributed by atoms with van der Waals surface area (Å²) in [6.07, 6.45) is 1.71. The van der Waals surface area contributed by atoms with Crippen LogP contribution < -0.4 is 9.62 Å². The van der Waals surface area contributed by atoms with E-state index in [-0.39, 0.29) is 30.6 Å². The number of anilines is 1. The van der Waals surface area contributed by atoms with E-state index in [0.717, 1.165) is 34.5 Å². The molecule has 0 aromatic heterocycles. The van der Waals surface area contributed by atoms with Crippen LogP contribution in [0.25, 0.3) is 0 Å². The van der Waals surface area contributed by atoms with E-state index in [0.29, 0.717) is 16.3 Å². The third kappa shape index (κ3) is 8.59. The van der Waals surface area contributed by atoms with E-state index in [1.807, 2.05) is 50.2 Å². The maximum Gasteiger partial charge on any atom is 0.244 e. The SMILES string of the molecule is CC[C@H](C)NC(=O)[C@H](Cc1ccccc1)N(Cc1cccc(Br)c1)C(=O)CN(c1ccc(F)c(F)c1)S(C)(=O)=O. The number of hydrogen-bond donors (Lipinski definition) is 1. The lowest BCUT2D eigenvalue weighted by Gasteiger charge is -2.34. The average Bonchev–Trinajstić information content (AvgIpc) is 2.90. The van der Waals surface area contributed by atoms with E-state index < -0.39 is 40.2 Å². The fraction of sp³-hybridized carbons (Fsp3) is 0.310. The highest BCUT2D eigenvalue weighted by atomic mass is 79.9. The largest absolute Gasteiger partial charge is 0.352 e. The lowest BCUT2D eigenvalue weighted by atomic mass is 10.0. The molecule has 0 bridgehead atoms. The Morgan fingerprint density at radius 3 is 2.23 bits per heavy atom. The van der Waals surface area contributed by atoms with E-state index >= 15 is 0 Å². The molecule has 2 atom stereocenters. The second-order valence-electron chi connectivity index (χ2n) is 9.54. The molecule has 0 aliphatic carbocycles. The summed E-state index contributed by atoms with van der Waals surface area (Å²) in [6.45, 7) is 3.05. The maximum atomic E-state index is 14.0. The molecule has 0 aliphatic rings. The van der Waals surface area contributed by atoms with Crippen LogP contribution in [0.15, 0.2) is 77.3 Å². The van der Waals surface area contributed by atoms with Gasteiger partial charge in [0.15, 0.2) is 11.6 Å². The molecule has 0 unspecified atom stereocenters. The summed E-state index contributed by atoms with van der Waals surface area (Å²) < 4.78 is 54.5. The van der Waals surface area contributed by atoms with Crippen molar-refractivity contribution < 1.29 is 26.8 Å². The predicted octanol–water partition coefficient (Wildman–Crippen LogP) is 5.05. The Hall–Kier alpha value is -3.31. The molecular weight excluding hydrogens is 604 g/mol. The first-order valence-corrected chi connectivity index (χ1v) is 15.3. The number of carbonyl (C=O) groups is 2. The van der Waals surface area contributed by atoms with Crippen molar-refractivity contribution in [3.8, 4) is 0 Å². The highest BCUT2D eigenvalue weighted by Gasteiger charge is 2.33. The summed E-state index contributed by atoms with van der Waals surface area (Å²) in [7, 11) is -4.09. The molecule has 0 saturated heterocycles. The first kappa shape index (κ1) is 31.2. The van der Waals surface area contributed by atoms with Crippen molar-refractivity contribution >= 4 is 43.5 Å². The Morgan fingerprint density at radius 2 is 1.62 bits per heavy atom. The van der Waals surface area contributed by atoms with Crippen LogP contribution in [0.3, 0.4) is 0 Å². The number of nitrogens with zero attached hydrogens (tertiary/aromatic N) is 2. The van der Waals surface area contributed by atoms with Crippen molar-refractivity contribution in [3.63, 3.8) is 0 Å². The Balaban J connectivity index is 2.07. The minimum atomic E-state index is -4.09. The first-order valence-electron chi connectivity index (χ1n) is 12.7. The standard InChI is InChI=1S/C29H32BrF2N3O4S/c1-4-20(2)33-29(37)27(16-21-9-6-5-7-10-21)34(18-22-11-8-12-23(30)15-22)28(36)19-35(40(3,38)39)24-13-14-25(31)26(32)17-24/h5-15,17,20,27H,4,16,18-19H2,1-3H3,(H,33,37)/t20-,27-/m0/s1. The summed E-state index contributed by atoms with van der Waals surface area (Å²) >= 11 is 3.42. The van der Waals surface area contributed by atoms with Crippen LogP contribution in [0, 0.1) is 11.6 Å². The molecule has 1 N–H and O–H groups in total. The molecular formula is C29H32BrF2N3O4S. The number of rotatable bonds is 12. The van der Waals surface area contributed by atoms with Gasteiger partial charge in [-0.25, -0.2) is 17.2 Å². The van der Waals surface area contributed by atoms with Crippen LogP contribution in [0.5, 0.6) is 0 Å². The number of carbonyl (C=O) groups excluding carboxylic acids is 2. The van der Waals surface area contributed by atoms with Gasteiger partial charge in [-0.15, -0.1) is 0 Å². The molecule has 0 fully saturated rings. The van der Waals surface area contributed by atoms with E-state index in [9.17, 15) is 26.8 Å². The average molecular weight is 637 g/mol. The molecule has 7 nitrogen and oxygen atoms in total. The highest BCUT2D eigenvalue weighted by Crippen LogP contribution is 2.23. The Labute approximate surface area is 242 Å².